The van der Waals surface area contributed by atoms with Gasteiger partial charge in [-0.2, -0.15) is 0 Å². The quantitative estimate of drug-likeness (QED) is 0.667. The van der Waals surface area contributed by atoms with Crippen molar-refractivity contribution < 1.29 is 9.90 Å². The Labute approximate surface area is 80.3 Å². The van der Waals surface area contributed by atoms with Crippen LogP contribution in [-0.2, 0) is 4.79 Å². The van der Waals surface area contributed by atoms with Crippen molar-refractivity contribution >= 4 is 5.97 Å². The van der Waals surface area contributed by atoms with E-state index < -0.39 is 5.97 Å². The predicted molar refractivity (Wildman–Crippen MR) is 53.5 cm³/mol. The fourth-order valence-electron chi connectivity index (χ4n) is 1.83. The van der Waals surface area contributed by atoms with Crippen LogP contribution in [0.25, 0.3) is 0 Å². The fraction of sp³-hybridized carbons (Fsp3) is 0.900. The smallest absolute Gasteiger partial charge is 0.303 e. The van der Waals surface area contributed by atoms with E-state index in [1.807, 2.05) is 6.92 Å². The molecule has 0 radical (unpaired) electrons. The van der Waals surface area contributed by atoms with Crippen LogP contribution in [-0.4, -0.2) is 17.6 Å². The van der Waals surface area contributed by atoms with Crippen LogP contribution in [0.3, 0.4) is 0 Å². The third kappa shape index (κ3) is 4.27. The number of aliphatic carboxylic acids is 1. The van der Waals surface area contributed by atoms with Crippen LogP contribution >= 0.6 is 0 Å². The highest BCUT2D eigenvalue weighted by molar-refractivity contribution is 5.67. The van der Waals surface area contributed by atoms with E-state index in [-0.39, 0.29) is 11.8 Å². The van der Waals surface area contributed by atoms with Crippen molar-refractivity contribution in [2.24, 2.45) is 17.1 Å². The van der Waals surface area contributed by atoms with Gasteiger partial charge in [0, 0.05) is 0 Å². The first-order chi connectivity index (χ1) is 5.95. The summed E-state index contributed by atoms with van der Waals surface area (Å²) < 4.78 is 0. The molecule has 78 valence electrons. The van der Waals surface area contributed by atoms with E-state index in [0.717, 1.165) is 12.8 Å². The zero-order valence-corrected chi connectivity index (χ0v) is 8.84. The summed E-state index contributed by atoms with van der Waals surface area (Å²) in [6, 6.07) is 0. The van der Waals surface area contributed by atoms with Crippen molar-refractivity contribution in [1.82, 2.24) is 0 Å². The Morgan fingerprint density at radius 3 is 2.31 bits per heavy atom. The molecule has 0 aliphatic heterocycles. The number of carboxylic acid groups (broad SMARTS) is 1. The van der Waals surface area contributed by atoms with E-state index in [4.69, 9.17) is 10.8 Å². The maximum atomic E-state index is 10.7. The number of rotatable bonds is 6. The zero-order valence-electron chi connectivity index (χ0n) is 8.84. The van der Waals surface area contributed by atoms with E-state index in [9.17, 15) is 4.79 Å². The number of carbonyl (C=O) groups is 1. The average molecular weight is 187 g/mol. The van der Waals surface area contributed by atoms with Crippen LogP contribution < -0.4 is 5.73 Å². The van der Waals surface area contributed by atoms with Crippen LogP contribution in [0.4, 0.5) is 0 Å². The van der Waals surface area contributed by atoms with Gasteiger partial charge in [-0.15, -0.1) is 0 Å². The van der Waals surface area contributed by atoms with Crippen molar-refractivity contribution in [3.8, 4) is 0 Å². The number of carboxylic acids is 1. The van der Waals surface area contributed by atoms with Gasteiger partial charge in [-0.25, -0.2) is 0 Å². The average Bonchev–Trinajstić information content (AvgIpc) is 2.01. The first-order valence-electron chi connectivity index (χ1n) is 4.87. The molecule has 0 spiro atoms. The standard InChI is InChI=1S/C10H21NO2/c1-4-10(7-11,5-8(2)3)6-9(12)13/h8H,4-7,11H2,1-3H3,(H,12,13). The molecule has 0 aromatic carbocycles. The summed E-state index contributed by atoms with van der Waals surface area (Å²) in [6.07, 6.45) is 1.93. The Balaban J connectivity index is 4.39. The van der Waals surface area contributed by atoms with Gasteiger partial charge < -0.3 is 10.8 Å². The molecule has 0 saturated heterocycles. The molecule has 0 aromatic rings. The molecular formula is C10H21NO2. The summed E-state index contributed by atoms with van der Waals surface area (Å²) in [6.45, 7) is 6.68. The molecule has 0 aromatic heterocycles. The second kappa shape index (κ2) is 5.22. The highest BCUT2D eigenvalue weighted by Gasteiger charge is 2.30. The summed E-state index contributed by atoms with van der Waals surface area (Å²) in [5, 5.41) is 8.77. The van der Waals surface area contributed by atoms with Crippen LogP contribution in [0.15, 0.2) is 0 Å². The predicted octanol–water partition coefficient (Wildman–Crippen LogP) is 1.86. The molecule has 0 bridgehead atoms. The van der Waals surface area contributed by atoms with Crippen molar-refractivity contribution in [1.29, 1.82) is 0 Å². The minimum atomic E-state index is -0.743. The van der Waals surface area contributed by atoms with E-state index in [1.54, 1.807) is 0 Å². The van der Waals surface area contributed by atoms with E-state index >= 15 is 0 Å². The van der Waals surface area contributed by atoms with Crippen molar-refractivity contribution in [3.05, 3.63) is 0 Å². The van der Waals surface area contributed by atoms with E-state index in [1.165, 1.54) is 0 Å². The molecule has 3 heteroatoms. The lowest BCUT2D eigenvalue weighted by Crippen LogP contribution is -2.33. The molecule has 0 rings (SSSR count). The Kier molecular flexibility index (Phi) is 4.99. The topological polar surface area (TPSA) is 63.3 Å². The minimum Gasteiger partial charge on any atom is -0.481 e. The molecule has 1 unspecified atom stereocenters. The van der Waals surface area contributed by atoms with Crippen molar-refractivity contribution in [2.75, 3.05) is 6.54 Å². The first kappa shape index (κ1) is 12.4. The molecule has 3 nitrogen and oxygen atoms in total. The Morgan fingerprint density at radius 2 is 2.08 bits per heavy atom. The zero-order chi connectivity index (χ0) is 10.5. The lowest BCUT2D eigenvalue weighted by molar-refractivity contribution is -0.140. The number of nitrogens with two attached hydrogens (primary N) is 1. The molecule has 0 fully saturated rings. The lowest BCUT2D eigenvalue weighted by Gasteiger charge is -2.31. The molecule has 0 aliphatic rings. The second-order valence-electron chi connectivity index (χ2n) is 4.23. The van der Waals surface area contributed by atoms with Crippen molar-refractivity contribution in [3.63, 3.8) is 0 Å². The fourth-order valence-corrected chi connectivity index (χ4v) is 1.83. The molecule has 3 N–H and O–H groups in total. The van der Waals surface area contributed by atoms with Crippen LogP contribution in [0, 0.1) is 11.3 Å². The van der Waals surface area contributed by atoms with Crippen LogP contribution in [0.2, 0.25) is 0 Å². The van der Waals surface area contributed by atoms with Gasteiger partial charge in [0.25, 0.3) is 0 Å². The van der Waals surface area contributed by atoms with E-state index in [0.29, 0.717) is 12.5 Å². The Hall–Kier alpha value is -0.570. The lowest BCUT2D eigenvalue weighted by atomic mass is 9.75. The summed E-state index contributed by atoms with van der Waals surface area (Å²) in [7, 11) is 0. The highest BCUT2D eigenvalue weighted by Crippen LogP contribution is 2.32. The van der Waals surface area contributed by atoms with Gasteiger partial charge in [0.1, 0.15) is 0 Å². The molecular weight excluding hydrogens is 166 g/mol. The molecule has 0 amide bonds. The van der Waals surface area contributed by atoms with Crippen LogP contribution in [0.5, 0.6) is 0 Å². The highest BCUT2D eigenvalue weighted by atomic mass is 16.4. The summed E-state index contributed by atoms with van der Waals surface area (Å²) in [5.41, 5.74) is 5.46. The molecule has 0 saturated carbocycles. The molecule has 1 atom stereocenters. The maximum Gasteiger partial charge on any atom is 0.303 e. The second-order valence-corrected chi connectivity index (χ2v) is 4.23. The van der Waals surface area contributed by atoms with E-state index in [2.05, 4.69) is 13.8 Å². The van der Waals surface area contributed by atoms with Gasteiger partial charge in [-0.05, 0) is 30.7 Å². The summed E-state index contributed by atoms with van der Waals surface area (Å²) in [5.74, 6) is -0.240. The van der Waals surface area contributed by atoms with Gasteiger partial charge in [0.05, 0.1) is 6.42 Å². The SMILES string of the molecule is CCC(CN)(CC(=O)O)CC(C)C. The van der Waals surface area contributed by atoms with Crippen LogP contribution in [0.1, 0.15) is 40.0 Å². The van der Waals surface area contributed by atoms with Gasteiger partial charge in [0.15, 0.2) is 0 Å². The van der Waals surface area contributed by atoms with Crippen molar-refractivity contribution in [2.45, 2.75) is 40.0 Å². The number of hydrogen-bond acceptors (Lipinski definition) is 2. The summed E-state index contributed by atoms with van der Waals surface area (Å²) >= 11 is 0. The third-order valence-electron chi connectivity index (χ3n) is 2.55. The maximum absolute atomic E-state index is 10.7. The van der Waals surface area contributed by atoms with Gasteiger partial charge in [-0.1, -0.05) is 20.8 Å². The largest absolute Gasteiger partial charge is 0.481 e. The Bertz CT molecular complexity index is 162. The van der Waals surface area contributed by atoms with Gasteiger partial charge in [0.2, 0.25) is 0 Å². The normalized spacial score (nSPS) is 15.8. The van der Waals surface area contributed by atoms with Gasteiger partial charge >= 0.3 is 5.97 Å². The molecule has 0 heterocycles. The Morgan fingerprint density at radius 1 is 1.54 bits per heavy atom. The summed E-state index contributed by atoms with van der Waals surface area (Å²) in [4.78, 5) is 10.7. The minimum absolute atomic E-state index is 0.193. The van der Waals surface area contributed by atoms with Gasteiger partial charge in [-0.3, -0.25) is 4.79 Å². The monoisotopic (exact) mass is 187 g/mol. The molecule has 13 heavy (non-hydrogen) atoms. The first-order valence-corrected chi connectivity index (χ1v) is 4.87. The molecule has 0 aliphatic carbocycles. The number of hydrogen-bond donors (Lipinski definition) is 2. The third-order valence-corrected chi connectivity index (χ3v) is 2.55.